The molecule has 0 unspecified atom stereocenters. The zero-order chi connectivity index (χ0) is 38.2. The highest BCUT2D eigenvalue weighted by Crippen LogP contribution is 2.47. The Kier molecular flexibility index (Phi) is 7.40. The van der Waals surface area contributed by atoms with Gasteiger partial charge in [-0.3, -0.25) is 0 Å². The van der Waals surface area contributed by atoms with Crippen molar-refractivity contribution >= 4 is 92.4 Å². The maximum Gasteiger partial charge on any atom is 0.143 e. The molecule has 0 aliphatic carbocycles. The Morgan fingerprint density at radius 3 is 1.84 bits per heavy atom. The Hall–Kier alpha value is -7.40. The molecule has 3 heterocycles. The van der Waals surface area contributed by atoms with Crippen molar-refractivity contribution in [2.45, 2.75) is 0 Å². The van der Waals surface area contributed by atoms with Crippen LogP contribution in [0.3, 0.4) is 0 Å². The minimum atomic E-state index is 0.850. The Labute approximate surface area is 338 Å². The van der Waals surface area contributed by atoms with Gasteiger partial charge in [0.25, 0.3) is 0 Å². The Balaban J connectivity index is 1.10. The van der Waals surface area contributed by atoms with Crippen LogP contribution in [0.15, 0.2) is 209 Å². The first-order valence-electron chi connectivity index (χ1n) is 19.6. The van der Waals surface area contributed by atoms with Crippen LogP contribution >= 0.6 is 11.3 Å². The zero-order valence-electron chi connectivity index (χ0n) is 31.2. The van der Waals surface area contributed by atoms with Crippen molar-refractivity contribution in [3.63, 3.8) is 0 Å². The van der Waals surface area contributed by atoms with Gasteiger partial charge in [-0.05, 0) is 88.5 Å². The lowest BCUT2D eigenvalue weighted by atomic mass is 9.95. The summed E-state index contributed by atoms with van der Waals surface area (Å²) in [5.74, 6) is 0. The number of rotatable bonds is 6. The minimum Gasteiger partial charge on any atom is -0.456 e. The summed E-state index contributed by atoms with van der Waals surface area (Å²) >= 11 is 1.86. The summed E-state index contributed by atoms with van der Waals surface area (Å²) in [5.41, 5.74) is 13.4. The predicted octanol–water partition coefficient (Wildman–Crippen LogP) is 16.3. The van der Waals surface area contributed by atoms with Crippen molar-refractivity contribution in [2.75, 3.05) is 4.90 Å². The van der Waals surface area contributed by atoms with Gasteiger partial charge in [0.15, 0.2) is 0 Å². The molecule has 0 radical (unpaired) electrons. The topological polar surface area (TPSA) is 29.5 Å². The number of thiophene rings is 1. The lowest BCUT2D eigenvalue weighted by Crippen LogP contribution is -2.11. The van der Waals surface area contributed by atoms with Crippen LogP contribution in [-0.4, -0.2) is 0 Å². The van der Waals surface area contributed by atoms with Crippen molar-refractivity contribution in [1.82, 2.24) is 0 Å². The molecule has 0 bridgehead atoms. The number of hydrogen-bond acceptors (Lipinski definition) is 4. The summed E-state index contributed by atoms with van der Waals surface area (Å²) in [6, 6.07) is 71.5. The van der Waals surface area contributed by atoms with Crippen LogP contribution in [0.4, 0.5) is 17.1 Å². The average molecular weight is 760 g/mol. The van der Waals surface area contributed by atoms with Crippen molar-refractivity contribution in [3.05, 3.63) is 200 Å². The number of anilines is 3. The molecule has 0 aliphatic rings. The standard InChI is InChI=1S/C54H33NO2S/c1-2-13-34(14-3-1)36-31-37(40-18-10-20-44-42-15-4-7-23-48(42)57-53(40)44)33-39(32-36)55(47-22-12-25-50-52(47)46-17-5-8-24-49(46)56-50)38-29-27-35(28-30-38)41-19-11-21-45-43-16-6-9-26-51(43)58-54(41)45/h1-33H. The first kappa shape index (κ1) is 32.8. The van der Waals surface area contributed by atoms with Gasteiger partial charge in [0.2, 0.25) is 0 Å². The van der Waals surface area contributed by atoms with Crippen LogP contribution in [-0.2, 0) is 0 Å². The maximum atomic E-state index is 6.63. The quantitative estimate of drug-likeness (QED) is 0.169. The van der Waals surface area contributed by atoms with Crippen LogP contribution in [0.2, 0.25) is 0 Å². The summed E-state index contributed by atoms with van der Waals surface area (Å²) < 4.78 is 15.7. The first-order chi connectivity index (χ1) is 28.7. The molecule has 9 aromatic carbocycles. The van der Waals surface area contributed by atoms with Crippen LogP contribution in [0.5, 0.6) is 0 Å². The summed E-state index contributed by atoms with van der Waals surface area (Å²) in [6.07, 6.45) is 0. The van der Waals surface area contributed by atoms with E-state index in [0.717, 1.165) is 83.2 Å². The van der Waals surface area contributed by atoms with Gasteiger partial charge in [-0.1, -0.05) is 140 Å². The van der Waals surface area contributed by atoms with Crippen molar-refractivity contribution in [3.8, 4) is 33.4 Å². The second-order valence-corrected chi connectivity index (χ2v) is 15.9. The SMILES string of the molecule is c1ccc(-c2cc(-c3cccc4c3oc3ccccc34)cc(N(c3ccc(-c4cccc5c4sc4ccccc45)cc3)c3cccc4oc5ccccc5c34)c2)cc1. The van der Waals surface area contributed by atoms with Gasteiger partial charge >= 0.3 is 0 Å². The van der Waals surface area contributed by atoms with Crippen LogP contribution in [0, 0.1) is 0 Å². The first-order valence-corrected chi connectivity index (χ1v) is 20.4. The molecule has 0 aliphatic heterocycles. The lowest BCUT2D eigenvalue weighted by Gasteiger charge is -2.28. The van der Waals surface area contributed by atoms with E-state index in [4.69, 9.17) is 8.83 Å². The highest BCUT2D eigenvalue weighted by molar-refractivity contribution is 7.26. The highest BCUT2D eigenvalue weighted by atomic mass is 32.1. The monoisotopic (exact) mass is 759 g/mol. The molecule has 272 valence electrons. The van der Waals surface area contributed by atoms with E-state index < -0.39 is 0 Å². The summed E-state index contributed by atoms with van der Waals surface area (Å²) in [4.78, 5) is 2.39. The fourth-order valence-electron chi connectivity index (χ4n) is 8.80. The van der Waals surface area contributed by atoms with E-state index in [2.05, 4.69) is 187 Å². The molecule has 0 amide bonds. The van der Waals surface area contributed by atoms with E-state index in [1.807, 2.05) is 29.5 Å². The van der Waals surface area contributed by atoms with Crippen molar-refractivity contribution in [1.29, 1.82) is 0 Å². The molecule has 3 aromatic heterocycles. The molecule has 0 atom stereocenters. The molecule has 12 aromatic rings. The zero-order valence-corrected chi connectivity index (χ0v) is 32.0. The minimum absolute atomic E-state index is 0.850. The molecular weight excluding hydrogens is 727 g/mol. The van der Waals surface area contributed by atoms with E-state index in [0.29, 0.717) is 0 Å². The van der Waals surface area contributed by atoms with Crippen LogP contribution < -0.4 is 4.90 Å². The van der Waals surface area contributed by atoms with Gasteiger partial charge in [-0.15, -0.1) is 11.3 Å². The smallest absolute Gasteiger partial charge is 0.143 e. The third-order valence-electron chi connectivity index (χ3n) is 11.5. The number of furan rings is 2. The van der Waals surface area contributed by atoms with Crippen molar-refractivity contribution < 1.29 is 8.83 Å². The molecule has 0 N–H and O–H groups in total. The van der Waals surface area contributed by atoms with E-state index in [1.165, 1.54) is 31.3 Å². The molecule has 0 saturated carbocycles. The number of benzene rings is 9. The van der Waals surface area contributed by atoms with Gasteiger partial charge in [-0.25, -0.2) is 0 Å². The van der Waals surface area contributed by atoms with E-state index >= 15 is 0 Å². The molecular formula is C54H33NO2S. The van der Waals surface area contributed by atoms with E-state index in [1.54, 1.807) is 0 Å². The van der Waals surface area contributed by atoms with Crippen molar-refractivity contribution in [2.24, 2.45) is 0 Å². The average Bonchev–Trinajstić information content (AvgIpc) is 3.99. The Bertz CT molecular complexity index is 3520. The Morgan fingerprint density at radius 2 is 1.00 bits per heavy atom. The molecule has 0 saturated heterocycles. The van der Waals surface area contributed by atoms with Gasteiger partial charge in [0.05, 0.1) is 11.1 Å². The normalized spacial score (nSPS) is 11.8. The second kappa shape index (κ2) is 13.1. The predicted molar refractivity (Wildman–Crippen MR) is 245 cm³/mol. The second-order valence-electron chi connectivity index (χ2n) is 14.8. The maximum absolute atomic E-state index is 6.63. The fraction of sp³-hybridized carbons (Fsp3) is 0. The third kappa shape index (κ3) is 5.19. The molecule has 0 spiro atoms. The van der Waals surface area contributed by atoms with Gasteiger partial charge in [0, 0.05) is 53.3 Å². The van der Waals surface area contributed by atoms with Crippen LogP contribution in [0.25, 0.3) is 97.4 Å². The molecule has 58 heavy (non-hydrogen) atoms. The summed E-state index contributed by atoms with van der Waals surface area (Å²) in [7, 11) is 0. The number of hydrogen-bond donors (Lipinski definition) is 0. The van der Waals surface area contributed by atoms with E-state index in [-0.39, 0.29) is 0 Å². The molecule has 3 nitrogen and oxygen atoms in total. The van der Waals surface area contributed by atoms with Gasteiger partial charge in [0.1, 0.15) is 22.3 Å². The fourth-order valence-corrected chi connectivity index (χ4v) is 10.0. The summed E-state index contributed by atoms with van der Waals surface area (Å²) in [5, 5.41) is 6.98. The Morgan fingerprint density at radius 1 is 0.362 bits per heavy atom. The molecule has 0 fully saturated rings. The van der Waals surface area contributed by atoms with E-state index in [9.17, 15) is 0 Å². The van der Waals surface area contributed by atoms with Gasteiger partial charge in [-0.2, -0.15) is 0 Å². The van der Waals surface area contributed by atoms with Crippen LogP contribution in [0.1, 0.15) is 0 Å². The number of para-hydroxylation sites is 3. The molecule has 4 heteroatoms. The van der Waals surface area contributed by atoms with Gasteiger partial charge < -0.3 is 13.7 Å². The number of nitrogens with zero attached hydrogens (tertiary/aromatic N) is 1. The highest BCUT2D eigenvalue weighted by Gasteiger charge is 2.22. The largest absolute Gasteiger partial charge is 0.456 e. The number of fused-ring (bicyclic) bond motifs is 9. The third-order valence-corrected chi connectivity index (χ3v) is 12.7. The molecule has 12 rings (SSSR count). The lowest BCUT2D eigenvalue weighted by molar-refractivity contribution is 0.669. The summed E-state index contributed by atoms with van der Waals surface area (Å²) in [6.45, 7) is 0.